The van der Waals surface area contributed by atoms with E-state index in [0.717, 1.165) is 28.4 Å². The topological polar surface area (TPSA) is 70.0 Å². The lowest BCUT2D eigenvalue weighted by Gasteiger charge is -2.36. The van der Waals surface area contributed by atoms with Crippen LogP contribution in [0.4, 0.5) is 0 Å². The maximum atomic E-state index is 12.9. The largest absolute Gasteiger partial charge is 0.345 e. The van der Waals surface area contributed by atoms with E-state index in [9.17, 15) is 13.2 Å². The summed E-state index contributed by atoms with van der Waals surface area (Å²) in [5, 5.41) is 1.85. The SMILES string of the molecule is C[C@@H]1CCCCN1C(=O)C1=CC(c2cccs2)=NS(=O)(=O)N1C. The zero-order chi connectivity index (χ0) is 16.6. The van der Waals surface area contributed by atoms with E-state index in [2.05, 4.69) is 4.40 Å². The first kappa shape index (κ1) is 16.2. The zero-order valence-corrected chi connectivity index (χ0v) is 14.7. The van der Waals surface area contributed by atoms with Gasteiger partial charge in [-0.25, -0.2) is 4.31 Å². The second kappa shape index (κ2) is 6.09. The van der Waals surface area contributed by atoms with Gasteiger partial charge in [0.15, 0.2) is 0 Å². The molecule has 1 aromatic rings. The highest BCUT2D eigenvalue weighted by Gasteiger charge is 2.34. The van der Waals surface area contributed by atoms with Gasteiger partial charge >= 0.3 is 10.2 Å². The first-order chi connectivity index (χ1) is 10.9. The molecule has 2 aliphatic heterocycles. The number of amides is 1. The highest BCUT2D eigenvalue weighted by Crippen LogP contribution is 2.25. The molecule has 0 unspecified atom stereocenters. The van der Waals surface area contributed by atoms with Crippen molar-refractivity contribution >= 4 is 33.2 Å². The Morgan fingerprint density at radius 2 is 2.17 bits per heavy atom. The quantitative estimate of drug-likeness (QED) is 0.817. The molecule has 23 heavy (non-hydrogen) atoms. The highest BCUT2D eigenvalue weighted by atomic mass is 32.2. The molecule has 1 amide bonds. The Kier molecular flexibility index (Phi) is 4.29. The van der Waals surface area contributed by atoms with Gasteiger partial charge in [-0.3, -0.25) is 4.79 Å². The van der Waals surface area contributed by atoms with Crippen LogP contribution in [0, 0.1) is 0 Å². The molecule has 2 aliphatic rings. The normalized spacial score (nSPS) is 24.2. The van der Waals surface area contributed by atoms with Gasteiger partial charge in [-0.05, 0) is 43.7 Å². The van der Waals surface area contributed by atoms with E-state index in [-0.39, 0.29) is 17.6 Å². The third-order valence-electron chi connectivity index (χ3n) is 4.23. The molecule has 0 spiro atoms. The molecule has 0 N–H and O–H groups in total. The number of nitrogens with zero attached hydrogens (tertiary/aromatic N) is 3. The molecule has 8 heteroatoms. The number of likely N-dealkylation sites (N-methyl/N-ethyl adjacent to an activating group) is 1. The maximum absolute atomic E-state index is 12.9. The van der Waals surface area contributed by atoms with E-state index in [4.69, 9.17) is 0 Å². The molecule has 1 fully saturated rings. The summed E-state index contributed by atoms with van der Waals surface area (Å²) in [6.45, 7) is 2.67. The van der Waals surface area contributed by atoms with Crippen LogP contribution in [0.3, 0.4) is 0 Å². The number of piperidine rings is 1. The molecule has 0 aliphatic carbocycles. The average Bonchev–Trinajstić information content (AvgIpc) is 3.04. The van der Waals surface area contributed by atoms with E-state index in [1.54, 1.807) is 17.0 Å². The van der Waals surface area contributed by atoms with Crippen molar-refractivity contribution in [1.29, 1.82) is 0 Å². The number of carbonyl (C=O) groups is 1. The minimum absolute atomic E-state index is 0.123. The van der Waals surface area contributed by atoms with Crippen LogP contribution < -0.4 is 0 Å². The molecule has 0 aromatic carbocycles. The second-order valence-electron chi connectivity index (χ2n) is 5.77. The van der Waals surface area contributed by atoms with Crippen LogP contribution in [0.5, 0.6) is 0 Å². The number of thiophene rings is 1. The van der Waals surface area contributed by atoms with Crippen LogP contribution in [0.1, 0.15) is 31.1 Å². The number of likely N-dealkylation sites (tertiary alicyclic amines) is 1. The summed E-state index contributed by atoms with van der Waals surface area (Å²) >= 11 is 1.40. The Morgan fingerprint density at radius 3 is 2.83 bits per heavy atom. The van der Waals surface area contributed by atoms with Crippen LogP contribution >= 0.6 is 11.3 Å². The van der Waals surface area contributed by atoms with Crippen LogP contribution in [0.2, 0.25) is 0 Å². The van der Waals surface area contributed by atoms with Crippen molar-refractivity contribution < 1.29 is 13.2 Å². The van der Waals surface area contributed by atoms with Crippen LogP contribution in [-0.4, -0.2) is 48.9 Å². The van der Waals surface area contributed by atoms with Crippen molar-refractivity contribution in [2.24, 2.45) is 4.40 Å². The average molecular weight is 353 g/mol. The summed E-state index contributed by atoms with van der Waals surface area (Å²) in [5.41, 5.74) is 0.489. The summed E-state index contributed by atoms with van der Waals surface area (Å²) in [4.78, 5) is 15.4. The monoisotopic (exact) mass is 353 g/mol. The number of allylic oxidation sites excluding steroid dienone is 1. The van der Waals surface area contributed by atoms with Crippen molar-refractivity contribution in [3.63, 3.8) is 0 Å². The molecular weight excluding hydrogens is 334 g/mol. The van der Waals surface area contributed by atoms with E-state index >= 15 is 0 Å². The molecule has 1 atom stereocenters. The molecule has 0 bridgehead atoms. The van der Waals surface area contributed by atoms with E-state index in [1.165, 1.54) is 18.4 Å². The smallest absolute Gasteiger partial charge is 0.335 e. The summed E-state index contributed by atoms with van der Waals surface area (Å²) in [7, 11) is -2.50. The Hall–Kier alpha value is -1.67. The van der Waals surface area contributed by atoms with Crippen LogP contribution in [-0.2, 0) is 15.0 Å². The summed E-state index contributed by atoms with van der Waals surface area (Å²) in [5.74, 6) is -0.243. The predicted octanol–water partition coefficient (Wildman–Crippen LogP) is 2.01. The lowest BCUT2D eigenvalue weighted by atomic mass is 10.0. The highest BCUT2D eigenvalue weighted by molar-refractivity contribution is 7.88. The van der Waals surface area contributed by atoms with E-state index in [1.807, 2.05) is 18.4 Å². The predicted molar refractivity (Wildman–Crippen MR) is 90.6 cm³/mol. The van der Waals surface area contributed by atoms with Gasteiger partial charge in [0, 0.05) is 19.6 Å². The van der Waals surface area contributed by atoms with Gasteiger partial charge in [-0.15, -0.1) is 15.7 Å². The van der Waals surface area contributed by atoms with E-state index < -0.39 is 10.2 Å². The molecular formula is C15H19N3O3S2. The fourth-order valence-electron chi connectivity index (χ4n) is 2.84. The Morgan fingerprint density at radius 1 is 1.39 bits per heavy atom. The minimum Gasteiger partial charge on any atom is -0.335 e. The first-order valence-corrected chi connectivity index (χ1v) is 9.83. The third kappa shape index (κ3) is 3.05. The Balaban J connectivity index is 1.99. The summed E-state index contributed by atoms with van der Waals surface area (Å²) in [6, 6.07) is 3.75. The first-order valence-electron chi connectivity index (χ1n) is 7.55. The second-order valence-corrected chi connectivity index (χ2v) is 8.35. The molecule has 3 heterocycles. The van der Waals surface area contributed by atoms with Gasteiger partial charge in [-0.2, -0.15) is 8.42 Å². The fourth-order valence-corrected chi connectivity index (χ4v) is 4.49. The minimum atomic E-state index is -3.87. The molecule has 0 saturated carbocycles. The lowest BCUT2D eigenvalue weighted by molar-refractivity contribution is -0.131. The van der Waals surface area contributed by atoms with E-state index in [0.29, 0.717) is 12.3 Å². The molecule has 6 nitrogen and oxygen atoms in total. The van der Waals surface area contributed by atoms with Crippen molar-refractivity contribution in [2.75, 3.05) is 13.6 Å². The van der Waals surface area contributed by atoms with Crippen molar-refractivity contribution in [2.45, 2.75) is 32.2 Å². The Labute approximate surface area is 140 Å². The van der Waals surface area contributed by atoms with Gasteiger partial charge in [0.2, 0.25) is 0 Å². The van der Waals surface area contributed by atoms with Gasteiger partial charge in [0.05, 0.1) is 10.6 Å². The van der Waals surface area contributed by atoms with Gasteiger partial charge in [0.25, 0.3) is 5.91 Å². The fraction of sp³-hybridized carbons (Fsp3) is 0.467. The maximum Gasteiger partial charge on any atom is 0.345 e. The van der Waals surface area contributed by atoms with Crippen molar-refractivity contribution in [1.82, 2.24) is 9.21 Å². The van der Waals surface area contributed by atoms with Crippen LogP contribution in [0.15, 0.2) is 33.7 Å². The molecule has 3 rings (SSSR count). The van der Waals surface area contributed by atoms with Crippen LogP contribution in [0.25, 0.3) is 0 Å². The molecule has 124 valence electrons. The number of rotatable bonds is 2. The summed E-state index contributed by atoms with van der Waals surface area (Å²) < 4.78 is 29.4. The number of hydrogen-bond donors (Lipinski definition) is 0. The standard InChI is InChI=1S/C15H19N3O3S2/c1-11-6-3-4-8-18(11)15(19)13-10-12(14-7-5-9-22-14)16-23(20,21)17(13)2/h5,7,9-11H,3-4,6,8H2,1-2H3/t11-/m1/s1. The molecule has 1 saturated heterocycles. The van der Waals surface area contributed by atoms with Gasteiger partial charge in [-0.1, -0.05) is 6.07 Å². The Bertz CT molecular complexity index is 766. The number of carbonyl (C=O) groups excluding carboxylic acids is 1. The third-order valence-corrected chi connectivity index (χ3v) is 6.44. The molecule has 0 radical (unpaired) electrons. The van der Waals surface area contributed by atoms with Crippen molar-refractivity contribution in [3.8, 4) is 0 Å². The number of hydrogen-bond acceptors (Lipinski definition) is 4. The summed E-state index contributed by atoms with van der Waals surface area (Å²) in [6.07, 6.45) is 4.57. The zero-order valence-electron chi connectivity index (χ0n) is 13.1. The van der Waals surface area contributed by atoms with Gasteiger partial charge < -0.3 is 4.90 Å². The lowest BCUT2D eigenvalue weighted by Crippen LogP contribution is -2.46. The van der Waals surface area contributed by atoms with Crippen molar-refractivity contribution in [3.05, 3.63) is 34.2 Å². The molecule has 1 aromatic heterocycles. The van der Waals surface area contributed by atoms with Gasteiger partial charge in [0.1, 0.15) is 5.70 Å².